The Kier molecular flexibility index (Phi) is 5.46. The molecule has 0 aromatic heterocycles. The van der Waals surface area contributed by atoms with E-state index in [-0.39, 0.29) is 23.5 Å². The van der Waals surface area contributed by atoms with Crippen LogP contribution in [0.15, 0.2) is 71.6 Å². The smallest absolute Gasteiger partial charge is 0.217 e. The summed E-state index contributed by atoms with van der Waals surface area (Å²) in [5.74, 6) is -0.574. The molecule has 5 nitrogen and oxygen atoms in total. The maximum atomic E-state index is 12.5. The molecule has 0 spiro atoms. The van der Waals surface area contributed by atoms with Crippen molar-refractivity contribution in [2.75, 3.05) is 17.7 Å². The van der Waals surface area contributed by atoms with Gasteiger partial charge in [0.25, 0.3) is 0 Å². The molecule has 0 aliphatic carbocycles. The zero-order valence-corrected chi connectivity index (χ0v) is 15.9. The second kappa shape index (κ2) is 7.80. The predicted molar refractivity (Wildman–Crippen MR) is 109 cm³/mol. The topological polar surface area (TPSA) is 80.5 Å². The highest BCUT2D eigenvalue weighted by atomic mass is 32.2. The average molecular weight is 382 g/mol. The Morgan fingerprint density at radius 1 is 0.926 bits per heavy atom. The number of amides is 1. The van der Waals surface area contributed by atoms with Crippen LogP contribution in [0.2, 0.25) is 0 Å². The van der Waals surface area contributed by atoms with Gasteiger partial charge in [-0.2, -0.15) is 0 Å². The fourth-order valence-electron chi connectivity index (χ4n) is 2.97. The van der Waals surface area contributed by atoms with Crippen molar-refractivity contribution < 1.29 is 13.2 Å². The van der Waals surface area contributed by atoms with E-state index in [1.165, 1.54) is 0 Å². The van der Waals surface area contributed by atoms with Crippen molar-refractivity contribution in [2.45, 2.75) is 17.7 Å². The second-order valence-corrected chi connectivity index (χ2v) is 8.59. The Morgan fingerprint density at radius 3 is 2.30 bits per heavy atom. The summed E-state index contributed by atoms with van der Waals surface area (Å²) in [5, 5.41) is 1.82. The predicted octanol–water partition coefficient (Wildman–Crippen LogP) is 3.65. The van der Waals surface area contributed by atoms with E-state index in [9.17, 15) is 13.2 Å². The summed E-state index contributed by atoms with van der Waals surface area (Å²) in [4.78, 5) is 13.2. The Hall–Kier alpha value is -2.86. The van der Waals surface area contributed by atoms with Crippen molar-refractivity contribution in [3.63, 3.8) is 0 Å². The number of nitrogens with zero attached hydrogens (tertiary/aromatic N) is 1. The Bertz CT molecular complexity index is 1060. The number of sulfone groups is 1. The number of fused-ring (bicyclic) bond motifs is 1. The third-order valence-corrected chi connectivity index (χ3v) is 6.32. The maximum Gasteiger partial charge on any atom is 0.217 e. The van der Waals surface area contributed by atoms with E-state index in [1.54, 1.807) is 12.1 Å². The lowest BCUT2D eigenvalue weighted by Gasteiger charge is -2.20. The highest BCUT2D eigenvalue weighted by molar-refractivity contribution is 7.91. The van der Waals surface area contributed by atoms with Crippen LogP contribution in [0.3, 0.4) is 0 Å². The molecule has 0 atom stereocenters. The second-order valence-electron chi connectivity index (χ2n) is 6.48. The van der Waals surface area contributed by atoms with Crippen LogP contribution in [-0.2, 0) is 14.6 Å². The molecule has 27 heavy (non-hydrogen) atoms. The van der Waals surface area contributed by atoms with Gasteiger partial charge in [0.2, 0.25) is 5.91 Å². The van der Waals surface area contributed by atoms with Crippen molar-refractivity contribution in [1.82, 2.24) is 0 Å². The summed E-state index contributed by atoms with van der Waals surface area (Å²) in [5.41, 5.74) is 7.17. The first-order chi connectivity index (χ1) is 12.9. The molecule has 0 radical (unpaired) electrons. The fraction of sp³-hybridized carbons (Fsp3) is 0.190. The van der Waals surface area contributed by atoms with Crippen LogP contribution >= 0.6 is 0 Å². The number of primary amides is 1. The lowest BCUT2D eigenvalue weighted by molar-refractivity contribution is -0.118. The number of carbonyl (C=O) groups excluding carboxylic acids is 1. The molecule has 0 unspecified atom stereocenters. The molecule has 2 N–H and O–H groups in total. The SMILES string of the molecule is CN(c1ccccc1)c1ccc2cc(S(=O)(=O)CCCC(N)=O)ccc2c1. The van der Waals surface area contributed by atoms with Gasteiger partial charge >= 0.3 is 0 Å². The van der Waals surface area contributed by atoms with E-state index in [0.717, 1.165) is 22.1 Å². The Labute approximate surface area is 159 Å². The number of para-hydroxylation sites is 1. The number of hydrogen-bond donors (Lipinski definition) is 1. The molecule has 6 heteroatoms. The summed E-state index contributed by atoms with van der Waals surface area (Å²) < 4.78 is 24.9. The molecule has 0 saturated carbocycles. The zero-order valence-electron chi connectivity index (χ0n) is 15.1. The lowest BCUT2D eigenvalue weighted by Crippen LogP contribution is -2.13. The van der Waals surface area contributed by atoms with Crippen molar-refractivity contribution >= 4 is 37.9 Å². The summed E-state index contributed by atoms with van der Waals surface area (Å²) in [6.07, 6.45) is 0.304. The number of carbonyl (C=O) groups is 1. The van der Waals surface area contributed by atoms with Gasteiger partial charge < -0.3 is 10.6 Å². The van der Waals surface area contributed by atoms with Gasteiger partial charge in [0.05, 0.1) is 10.6 Å². The van der Waals surface area contributed by atoms with Gasteiger partial charge in [-0.15, -0.1) is 0 Å². The molecule has 0 aliphatic rings. The van der Waals surface area contributed by atoms with Gasteiger partial charge in [-0.1, -0.05) is 30.3 Å². The third-order valence-electron chi connectivity index (χ3n) is 4.52. The third kappa shape index (κ3) is 4.46. The van der Waals surface area contributed by atoms with E-state index >= 15 is 0 Å². The molecular formula is C21H22N2O3S. The van der Waals surface area contributed by atoms with Crippen molar-refractivity contribution in [3.8, 4) is 0 Å². The molecule has 0 saturated heterocycles. The molecule has 3 aromatic rings. The van der Waals surface area contributed by atoms with Crippen LogP contribution in [0.1, 0.15) is 12.8 Å². The van der Waals surface area contributed by atoms with Gasteiger partial charge in [0.15, 0.2) is 9.84 Å². The molecule has 0 aliphatic heterocycles. The average Bonchev–Trinajstić information content (AvgIpc) is 2.66. The summed E-state index contributed by atoms with van der Waals surface area (Å²) in [6, 6.07) is 21.1. The van der Waals surface area contributed by atoms with Crippen LogP contribution in [0, 0.1) is 0 Å². The standard InChI is InChI=1S/C21H22N2O3S/c1-23(18-6-3-2-4-7-18)19-11-9-17-15-20(12-10-16(17)14-19)27(25,26)13-5-8-21(22)24/h2-4,6-7,9-12,14-15H,5,8,13H2,1H3,(H2,22,24). The number of benzene rings is 3. The number of hydrogen-bond acceptors (Lipinski definition) is 4. The highest BCUT2D eigenvalue weighted by Crippen LogP contribution is 2.28. The van der Waals surface area contributed by atoms with Gasteiger partial charge in [0, 0.05) is 24.8 Å². The molecule has 3 rings (SSSR count). The molecule has 0 bridgehead atoms. The number of rotatable bonds is 7. The normalized spacial score (nSPS) is 11.4. The summed E-state index contributed by atoms with van der Waals surface area (Å²) in [7, 11) is -1.44. The Morgan fingerprint density at radius 2 is 1.59 bits per heavy atom. The van der Waals surface area contributed by atoms with Gasteiger partial charge in [-0.05, 0) is 53.6 Å². The first kappa shape index (κ1) is 18.9. The molecular weight excluding hydrogens is 360 g/mol. The first-order valence-corrected chi connectivity index (χ1v) is 10.4. The molecule has 140 valence electrons. The van der Waals surface area contributed by atoms with Crippen molar-refractivity contribution in [1.29, 1.82) is 0 Å². The summed E-state index contributed by atoms with van der Waals surface area (Å²) in [6.45, 7) is 0. The minimum Gasteiger partial charge on any atom is -0.370 e. The number of anilines is 2. The lowest BCUT2D eigenvalue weighted by atomic mass is 10.1. The van der Waals surface area contributed by atoms with Gasteiger partial charge in [-0.3, -0.25) is 4.79 Å². The fourth-order valence-corrected chi connectivity index (χ4v) is 4.31. The molecule has 0 fully saturated rings. The molecule has 1 amide bonds. The quantitative estimate of drug-likeness (QED) is 0.676. The first-order valence-electron chi connectivity index (χ1n) is 8.70. The van der Waals surface area contributed by atoms with Crippen LogP contribution in [0.5, 0.6) is 0 Å². The van der Waals surface area contributed by atoms with E-state index in [0.29, 0.717) is 0 Å². The monoisotopic (exact) mass is 382 g/mol. The van der Waals surface area contributed by atoms with Crippen LogP contribution in [0.25, 0.3) is 10.8 Å². The Balaban J connectivity index is 1.86. The van der Waals surface area contributed by atoms with E-state index < -0.39 is 15.7 Å². The van der Waals surface area contributed by atoms with Crippen LogP contribution < -0.4 is 10.6 Å². The van der Waals surface area contributed by atoms with Gasteiger partial charge in [0.1, 0.15) is 0 Å². The summed E-state index contributed by atoms with van der Waals surface area (Å²) >= 11 is 0. The zero-order chi connectivity index (χ0) is 19.4. The highest BCUT2D eigenvalue weighted by Gasteiger charge is 2.15. The van der Waals surface area contributed by atoms with E-state index in [4.69, 9.17) is 5.73 Å². The van der Waals surface area contributed by atoms with Crippen molar-refractivity contribution in [3.05, 3.63) is 66.7 Å². The minimum absolute atomic E-state index is 0.0714. The van der Waals surface area contributed by atoms with E-state index in [1.807, 2.05) is 61.6 Å². The molecule has 0 heterocycles. The molecule has 3 aromatic carbocycles. The van der Waals surface area contributed by atoms with Crippen molar-refractivity contribution in [2.24, 2.45) is 5.73 Å². The van der Waals surface area contributed by atoms with E-state index in [2.05, 4.69) is 4.90 Å². The minimum atomic E-state index is -3.44. The van der Waals surface area contributed by atoms with Crippen LogP contribution in [-0.4, -0.2) is 27.1 Å². The van der Waals surface area contributed by atoms with Crippen LogP contribution in [0.4, 0.5) is 11.4 Å². The largest absolute Gasteiger partial charge is 0.370 e. The maximum absolute atomic E-state index is 12.5. The van der Waals surface area contributed by atoms with Gasteiger partial charge in [-0.25, -0.2) is 8.42 Å². The number of nitrogens with two attached hydrogens (primary N) is 1.